The molecule has 1 atom stereocenters. The van der Waals surface area contributed by atoms with Crippen LogP contribution in [0.1, 0.15) is 65.7 Å². The highest BCUT2D eigenvalue weighted by molar-refractivity contribution is 6.30. The number of carboxylic acid groups (broad SMARTS) is 1. The monoisotopic (exact) mass is 519 g/mol. The predicted molar refractivity (Wildman–Crippen MR) is 146 cm³/mol. The van der Waals surface area contributed by atoms with Crippen molar-refractivity contribution in [3.05, 3.63) is 99.6 Å². The van der Waals surface area contributed by atoms with E-state index >= 15 is 0 Å². The molecule has 5 nitrogen and oxygen atoms in total. The normalized spacial score (nSPS) is 16.2. The summed E-state index contributed by atoms with van der Waals surface area (Å²) in [6.07, 6.45) is 4.58. The molecule has 1 aliphatic rings. The van der Waals surface area contributed by atoms with Crippen LogP contribution in [0.3, 0.4) is 0 Å². The van der Waals surface area contributed by atoms with E-state index in [2.05, 4.69) is 26.0 Å². The quantitative estimate of drug-likeness (QED) is 0.305. The van der Waals surface area contributed by atoms with Crippen molar-refractivity contribution in [1.82, 2.24) is 4.90 Å². The van der Waals surface area contributed by atoms with Gasteiger partial charge in [-0.3, -0.25) is 9.59 Å². The highest BCUT2D eigenvalue weighted by atomic mass is 35.5. The van der Waals surface area contributed by atoms with Crippen LogP contribution in [0.4, 0.5) is 0 Å². The summed E-state index contributed by atoms with van der Waals surface area (Å²) in [4.78, 5) is 26.5. The Kier molecular flexibility index (Phi) is 8.55. The maximum atomic E-state index is 13.5. The molecule has 0 unspecified atom stereocenters. The average molecular weight is 520 g/mol. The van der Waals surface area contributed by atoms with Crippen molar-refractivity contribution in [3.8, 4) is 5.75 Å². The molecule has 37 heavy (non-hydrogen) atoms. The lowest BCUT2D eigenvalue weighted by Gasteiger charge is -2.24. The van der Waals surface area contributed by atoms with Crippen LogP contribution in [0.25, 0.3) is 0 Å². The molecule has 0 spiro atoms. The second-order valence-electron chi connectivity index (χ2n) is 10.1. The molecular formula is C31H34ClNO4. The summed E-state index contributed by atoms with van der Waals surface area (Å²) in [5, 5.41) is 9.96. The van der Waals surface area contributed by atoms with Crippen LogP contribution in [0, 0.1) is 0 Å². The number of carbonyl (C=O) groups excluding carboxylic acids is 1. The number of nitrogens with zero attached hydrogens (tertiary/aromatic N) is 1. The van der Waals surface area contributed by atoms with E-state index in [1.165, 1.54) is 5.56 Å². The van der Waals surface area contributed by atoms with Gasteiger partial charge in [-0.25, -0.2) is 0 Å². The Balaban J connectivity index is 1.49. The van der Waals surface area contributed by atoms with Crippen molar-refractivity contribution in [2.24, 2.45) is 0 Å². The van der Waals surface area contributed by atoms with E-state index in [4.69, 9.17) is 16.3 Å². The van der Waals surface area contributed by atoms with Gasteiger partial charge >= 0.3 is 5.97 Å². The Morgan fingerprint density at radius 3 is 2.49 bits per heavy atom. The fraction of sp³-hybridized carbons (Fsp3) is 0.355. The number of halogens is 1. The first-order chi connectivity index (χ1) is 17.7. The van der Waals surface area contributed by atoms with Gasteiger partial charge in [-0.2, -0.15) is 0 Å². The molecular weight excluding hydrogens is 486 g/mol. The van der Waals surface area contributed by atoms with E-state index in [9.17, 15) is 14.7 Å². The van der Waals surface area contributed by atoms with Gasteiger partial charge in [0.2, 0.25) is 0 Å². The van der Waals surface area contributed by atoms with Crippen molar-refractivity contribution in [2.45, 2.75) is 64.5 Å². The lowest BCUT2D eigenvalue weighted by Crippen LogP contribution is -2.33. The van der Waals surface area contributed by atoms with E-state index in [1.807, 2.05) is 48.5 Å². The Morgan fingerprint density at radius 2 is 1.78 bits per heavy atom. The molecule has 0 aliphatic carbocycles. The Labute approximate surface area is 224 Å². The highest BCUT2D eigenvalue weighted by Crippen LogP contribution is 2.38. The number of carbonyl (C=O) groups is 2. The zero-order chi connectivity index (χ0) is 26.4. The van der Waals surface area contributed by atoms with Crippen LogP contribution in [0.5, 0.6) is 5.75 Å². The van der Waals surface area contributed by atoms with Crippen molar-refractivity contribution < 1.29 is 19.4 Å². The summed E-state index contributed by atoms with van der Waals surface area (Å²) in [5.74, 6) is -0.324. The fourth-order valence-electron chi connectivity index (χ4n) is 4.91. The number of hydrogen-bond acceptors (Lipinski definition) is 3. The summed E-state index contributed by atoms with van der Waals surface area (Å²) < 4.78 is 6.30. The van der Waals surface area contributed by atoms with Crippen LogP contribution in [-0.2, 0) is 30.6 Å². The smallest absolute Gasteiger partial charge is 0.305 e. The summed E-state index contributed by atoms with van der Waals surface area (Å²) in [5.41, 5.74) is 4.44. The van der Waals surface area contributed by atoms with Crippen LogP contribution < -0.4 is 4.74 Å². The number of amides is 1. The molecule has 0 fully saturated rings. The number of hydrogen-bond donors (Lipinski definition) is 1. The lowest BCUT2D eigenvalue weighted by atomic mass is 9.91. The van der Waals surface area contributed by atoms with Gasteiger partial charge in [-0.15, -0.1) is 0 Å². The summed E-state index contributed by atoms with van der Waals surface area (Å²) >= 11 is 6.16. The van der Waals surface area contributed by atoms with Gasteiger partial charge in [-0.05, 0) is 72.4 Å². The third-order valence-electron chi connectivity index (χ3n) is 6.79. The second kappa shape index (κ2) is 11.8. The fourth-order valence-corrected chi connectivity index (χ4v) is 5.12. The van der Waals surface area contributed by atoms with Gasteiger partial charge in [-0.1, -0.05) is 61.3 Å². The average Bonchev–Trinajstić information content (AvgIpc) is 3.20. The van der Waals surface area contributed by atoms with Gasteiger partial charge in [0.05, 0.1) is 6.42 Å². The molecule has 4 rings (SSSR count). The number of ether oxygens (including phenoxy) is 1. The van der Waals surface area contributed by atoms with Gasteiger partial charge in [0.15, 0.2) is 0 Å². The molecule has 0 saturated carbocycles. The van der Waals surface area contributed by atoms with E-state index in [-0.39, 0.29) is 18.9 Å². The molecule has 3 aromatic rings. The SMILES string of the molecule is CCCCc1ccc(CN(CCC(=O)O)C(=O)c2ccc3c(c2)C[C@@](C)(Cc2cccc(Cl)c2)O3)cc1. The lowest BCUT2D eigenvalue weighted by molar-refractivity contribution is -0.137. The van der Waals surface area contributed by atoms with Crippen molar-refractivity contribution in [1.29, 1.82) is 0 Å². The topological polar surface area (TPSA) is 66.8 Å². The van der Waals surface area contributed by atoms with Crippen LogP contribution in [0.15, 0.2) is 66.7 Å². The zero-order valence-electron chi connectivity index (χ0n) is 21.5. The molecule has 1 amide bonds. The molecule has 194 valence electrons. The number of aryl methyl sites for hydroxylation is 1. The number of fused-ring (bicyclic) bond motifs is 1. The van der Waals surface area contributed by atoms with E-state index in [0.717, 1.165) is 41.7 Å². The Morgan fingerprint density at radius 1 is 1.03 bits per heavy atom. The molecule has 6 heteroatoms. The van der Waals surface area contributed by atoms with Crippen molar-refractivity contribution >= 4 is 23.5 Å². The van der Waals surface area contributed by atoms with Crippen LogP contribution in [-0.4, -0.2) is 34.0 Å². The van der Waals surface area contributed by atoms with Gasteiger partial charge in [0, 0.05) is 36.5 Å². The molecule has 0 saturated heterocycles. The number of aliphatic carboxylic acids is 1. The minimum absolute atomic E-state index is 0.105. The maximum Gasteiger partial charge on any atom is 0.305 e. The standard InChI is InChI=1S/C31H34ClNO4/c1-3-4-6-22-9-11-23(12-10-22)21-33(16-15-29(34)35)30(36)25-13-14-28-26(18-25)20-31(2,37-28)19-24-7-5-8-27(32)17-24/h5,7-14,17-18H,3-4,6,15-16,19-21H2,1-2H3,(H,34,35)/t31-/m1/s1. The molecule has 0 aromatic heterocycles. The van der Waals surface area contributed by atoms with Crippen LogP contribution in [0.2, 0.25) is 5.02 Å². The number of carboxylic acids is 1. The van der Waals surface area contributed by atoms with E-state index in [1.54, 1.807) is 11.0 Å². The first kappa shape index (κ1) is 26.7. The summed E-state index contributed by atoms with van der Waals surface area (Å²) in [7, 11) is 0. The van der Waals surface area contributed by atoms with E-state index in [0.29, 0.717) is 30.0 Å². The first-order valence-electron chi connectivity index (χ1n) is 12.9. The minimum Gasteiger partial charge on any atom is -0.487 e. The molecule has 0 bridgehead atoms. The maximum absolute atomic E-state index is 13.5. The van der Waals surface area contributed by atoms with Crippen LogP contribution >= 0.6 is 11.6 Å². The first-order valence-corrected chi connectivity index (χ1v) is 13.3. The number of benzene rings is 3. The Hall–Kier alpha value is -3.31. The molecule has 1 heterocycles. The van der Waals surface area contributed by atoms with Crippen molar-refractivity contribution in [3.63, 3.8) is 0 Å². The minimum atomic E-state index is -0.924. The highest BCUT2D eigenvalue weighted by Gasteiger charge is 2.35. The van der Waals surface area contributed by atoms with Gasteiger partial charge in [0.25, 0.3) is 5.91 Å². The van der Waals surface area contributed by atoms with Gasteiger partial charge < -0.3 is 14.7 Å². The largest absolute Gasteiger partial charge is 0.487 e. The number of rotatable bonds is 11. The predicted octanol–water partition coefficient (Wildman–Crippen LogP) is 6.74. The third kappa shape index (κ3) is 7.14. The molecule has 1 aliphatic heterocycles. The summed E-state index contributed by atoms with van der Waals surface area (Å²) in [6, 6.07) is 21.5. The van der Waals surface area contributed by atoms with Crippen molar-refractivity contribution in [2.75, 3.05) is 6.54 Å². The zero-order valence-corrected chi connectivity index (χ0v) is 22.3. The molecule has 1 N–H and O–H groups in total. The molecule has 3 aromatic carbocycles. The second-order valence-corrected chi connectivity index (χ2v) is 10.6. The van der Waals surface area contributed by atoms with Gasteiger partial charge in [0.1, 0.15) is 11.4 Å². The Bertz CT molecular complexity index is 1260. The summed E-state index contributed by atoms with van der Waals surface area (Å²) in [6.45, 7) is 4.75. The number of unbranched alkanes of at least 4 members (excludes halogenated alkanes) is 1. The molecule has 0 radical (unpaired) electrons. The van der Waals surface area contributed by atoms with E-state index < -0.39 is 11.6 Å². The third-order valence-corrected chi connectivity index (χ3v) is 7.03.